The molecule has 0 aliphatic carbocycles. The van der Waals surface area contributed by atoms with Crippen molar-refractivity contribution in [2.45, 2.75) is 45.8 Å². The third-order valence-electron chi connectivity index (χ3n) is 3.16. The van der Waals surface area contributed by atoms with E-state index in [2.05, 4.69) is 11.4 Å². The van der Waals surface area contributed by atoms with Gasteiger partial charge in [-0.15, -0.1) is 0 Å². The lowest BCUT2D eigenvalue weighted by Crippen LogP contribution is -2.47. The molecule has 0 aliphatic rings. The van der Waals surface area contributed by atoms with Gasteiger partial charge in [0.15, 0.2) is 6.10 Å². The van der Waals surface area contributed by atoms with Crippen LogP contribution in [0.1, 0.15) is 34.1 Å². The number of hydrogen-bond acceptors (Lipinski definition) is 2. The minimum absolute atomic E-state index is 0.0711. The molecule has 0 aromatic heterocycles. The van der Waals surface area contributed by atoms with Gasteiger partial charge in [-0.05, 0) is 50.1 Å². The van der Waals surface area contributed by atoms with Gasteiger partial charge in [-0.25, -0.2) is 0 Å². The second-order valence-corrected chi connectivity index (χ2v) is 6.26. The lowest BCUT2D eigenvalue weighted by atomic mass is 10.1. The van der Waals surface area contributed by atoms with Crippen molar-refractivity contribution in [2.75, 3.05) is 0 Å². The number of rotatable bonds is 4. The van der Waals surface area contributed by atoms with Crippen molar-refractivity contribution in [3.8, 4) is 5.75 Å². The van der Waals surface area contributed by atoms with Gasteiger partial charge in [-0.3, -0.25) is 4.79 Å². The van der Waals surface area contributed by atoms with E-state index in [1.165, 1.54) is 0 Å². The van der Waals surface area contributed by atoms with Crippen LogP contribution in [-0.4, -0.2) is 17.6 Å². The molecule has 0 heterocycles. The van der Waals surface area contributed by atoms with Crippen molar-refractivity contribution in [2.24, 2.45) is 0 Å². The molecule has 2 aromatic carbocycles. The zero-order chi connectivity index (χ0) is 15.5. The predicted molar refractivity (Wildman–Crippen MR) is 86.6 cm³/mol. The van der Waals surface area contributed by atoms with Crippen LogP contribution in [0.5, 0.6) is 5.75 Å². The minimum Gasteiger partial charge on any atom is -0.481 e. The summed E-state index contributed by atoms with van der Waals surface area (Å²) in [6, 6.07) is 14.0. The first-order valence-corrected chi connectivity index (χ1v) is 7.36. The summed E-state index contributed by atoms with van der Waals surface area (Å²) in [4.78, 5) is 12.2. The Morgan fingerprint density at radius 1 is 1.14 bits per heavy atom. The third kappa shape index (κ3) is 4.22. The molecule has 0 radical (unpaired) electrons. The Morgan fingerprint density at radius 2 is 1.81 bits per heavy atom. The maximum atomic E-state index is 12.2. The molecule has 112 valence electrons. The van der Waals surface area contributed by atoms with Crippen LogP contribution in [0.2, 0.25) is 0 Å². The van der Waals surface area contributed by atoms with Crippen LogP contribution < -0.4 is 10.1 Å². The fraction of sp³-hybridized carbons (Fsp3) is 0.389. The van der Waals surface area contributed by atoms with E-state index < -0.39 is 6.10 Å². The fourth-order valence-electron chi connectivity index (χ4n) is 2.18. The Labute approximate surface area is 126 Å². The molecule has 0 aliphatic heterocycles. The van der Waals surface area contributed by atoms with Gasteiger partial charge >= 0.3 is 0 Å². The van der Waals surface area contributed by atoms with Gasteiger partial charge in [0.2, 0.25) is 0 Å². The summed E-state index contributed by atoms with van der Waals surface area (Å²) >= 11 is 0. The molecule has 21 heavy (non-hydrogen) atoms. The van der Waals surface area contributed by atoms with Gasteiger partial charge in [-0.2, -0.15) is 0 Å². The van der Waals surface area contributed by atoms with E-state index in [0.29, 0.717) is 6.42 Å². The molecule has 0 unspecified atom stereocenters. The Bertz CT molecular complexity index is 628. The highest BCUT2D eigenvalue weighted by molar-refractivity contribution is 5.84. The van der Waals surface area contributed by atoms with Crippen molar-refractivity contribution >= 4 is 16.7 Å². The van der Waals surface area contributed by atoms with E-state index in [1.54, 1.807) is 0 Å². The zero-order valence-electron chi connectivity index (χ0n) is 13.1. The van der Waals surface area contributed by atoms with Crippen molar-refractivity contribution < 1.29 is 9.53 Å². The molecular weight excluding hydrogens is 262 g/mol. The maximum absolute atomic E-state index is 12.2. The lowest BCUT2D eigenvalue weighted by Gasteiger charge is -2.25. The molecule has 0 saturated heterocycles. The van der Waals surface area contributed by atoms with Crippen molar-refractivity contribution in [1.82, 2.24) is 5.32 Å². The number of hydrogen-bond donors (Lipinski definition) is 1. The van der Waals surface area contributed by atoms with E-state index in [-0.39, 0.29) is 11.4 Å². The molecule has 1 atom stereocenters. The average molecular weight is 285 g/mol. The molecule has 0 bridgehead atoms. The summed E-state index contributed by atoms with van der Waals surface area (Å²) in [5, 5.41) is 5.24. The molecule has 0 fully saturated rings. The van der Waals surface area contributed by atoms with Gasteiger partial charge in [0, 0.05) is 5.54 Å². The number of benzene rings is 2. The number of carbonyl (C=O) groups excluding carboxylic acids is 1. The summed E-state index contributed by atoms with van der Waals surface area (Å²) in [6.07, 6.45) is 0.166. The van der Waals surface area contributed by atoms with Gasteiger partial charge in [-0.1, -0.05) is 37.3 Å². The molecule has 2 rings (SSSR count). The van der Waals surface area contributed by atoms with Crippen LogP contribution in [0.4, 0.5) is 0 Å². The highest BCUT2D eigenvalue weighted by Gasteiger charge is 2.23. The first kappa shape index (κ1) is 15.4. The average Bonchev–Trinajstić information content (AvgIpc) is 2.42. The maximum Gasteiger partial charge on any atom is 0.261 e. The molecule has 3 heteroatoms. The van der Waals surface area contributed by atoms with E-state index in [4.69, 9.17) is 4.74 Å². The predicted octanol–water partition coefficient (Wildman–Crippen LogP) is 3.91. The van der Waals surface area contributed by atoms with E-state index in [0.717, 1.165) is 16.5 Å². The van der Waals surface area contributed by atoms with Crippen LogP contribution >= 0.6 is 0 Å². The summed E-state index contributed by atoms with van der Waals surface area (Å²) in [5.74, 6) is 0.655. The summed E-state index contributed by atoms with van der Waals surface area (Å²) < 4.78 is 5.87. The highest BCUT2D eigenvalue weighted by atomic mass is 16.5. The smallest absolute Gasteiger partial charge is 0.261 e. The van der Waals surface area contributed by atoms with E-state index >= 15 is 0 Å². The minimum atomic E-state index is -0.467. The van der Waals surface area contributed by atoms with E-state index in [9.17, 15) is 4.79 Å². The van der Waals surface area contributed by atoms with Crippen LogP contribution in [0.25, 0.3) is 10.8 Å². The standard InChI is InChI=1S/C18H23NO2/c1-5-16(17(20)19-18(2,3)4)21-15-11-10-13-8-6-7-9-14(13)12-15/h6-12,16H,5H2,1-4H3,(H,19,20)/t16-/m1/s1. The third-order valence-corrected chi connectivity index (χ3v) is 3.16. The Hall–Kier alpha value is -2.03. The highest BCUT2D eigenvalue weighted by Crippen LogP contribution is 2.22. The number of fused-ring (bicyclic) bond motifs is 1. The van der Waals surface area contributed by atoms with Crippen LogP contribution in [-0.2, 0) is 4.79 Å². The van der Waals surface area contributed by atoms with Crippen LogP contribution in [0.3, 0.4) is 0 Å². The second kappa shape index (κ2) is 6.17. The largest absolute Gasteiger partial charge is 0.481 e. The van der Waals surface area contributed by atoms with Gasteiger partial charge in [0.25, 0.3) is 5.91 Å². The SMILES string of the molecule is CC[C@@H](Oc1ccc2ccccc2c1)C(=O)NC(C)(C)C. The molecule has 0 saturated carbocycles. The van der Waals surface area contributed by atoms with E-state index in [1.807, 2.05) is 64.1 Å². The Kier molecular flexibility index (Phi) is 4.51. The number of nitrogens with one attached hydrogen (secondary N) is 1. The van der Waals surface area contributed by atoms with Crippen molar-refractivity contribution in [3.05, 3.63) is 42.5 Å². The topological polar surface area (TPSA) is 38.3 Å². The number of amides is 1. The summed E-state index contributed by atoms with van der Waals surface area (Å²) in [5.41, 5.74) is -0.253. The second-order valence-electron chi connectivity index (χ2n) is 6.26. The molecular formula is C18H23NO2. The van der Waals surface area contributed by atoms with Gasteiger partial charge in [0.05, 0.1) is 0 Å². The van der Waals surface area contributed by atoms with Gasteiger partial charge < -0.3 is 10.1 Å². The van der Waals surface area contributed by atoms with Gasteiger partial charge in [0.1, 0.15) is 5.75 Å². The van der Waals surface area contributed by atoms with Crippen LogP contribution in [0.15, 0.2) is 42.5 Å². The molecule has 2 aromatic rings. The normalized spacial score (nSPS) is 13.0. The lowest BCUT2D eigenvalue weighted by molar-refractivity contribution is -0.129. The molecule has 0 spiro atoms. The first-order valence-electron chi connectivity index (χ1n) is 7.36. The summed E-state index contributed by atoms with van der Waals surface area (Å²) in [6.45, 7) is 7.85. The quantitative estimate of drug-likeness (QED) is 0.925. The number of carbonyl (C=O) groups is 1. The van der Waals surface area contributed by atoms with Crippen molar-refractivity contribution in [1.29, 1.82) is 0 Å². The Balaban J connectivity index is 2.14. The monoisotopic (exact) mass is 285 g/mol. The summed E-state index contributed by atoms with van der Waals surface area (Å²) in [7, 11) is 0. The molecule has 1 amide bonds. The molecule has 3 nitrogen and oxygen atoms in total. The first-order chi connectivity index (χ1) is 9.89. The number of ether oxygens (including phenoxy) is 1. The molecule has 1 N–H and O–H groups in total. The van der Waals surface area contributed by atoms with Crippen molar-refractivity contribution in [3.63, 3.8) is 0 Å². The Morgan fingerprint density at radius 3 is 2.43 bits per heavy atom. The fourth-order valence-corrected chi connectivity index (χ4v) is 2.18. The zero-order valence-corrected chi connectivity index (χ0v) is 13.1. The van der Waals surface area contributed by atoms with Crippen LogP contribution in [0, 0.1) is 0 Å².